The second kappa shape index (κ2) is 14.8. The fourth-order valence-electron chi connectivity index (χ4n) is 8.86. The normalized spacial score (nSPS) is 21.4. The number of aromatic nitrogens is 3. The van der Waals surface area contributed by atoms with Gasteiger partial charge < -0.3 is 25.2 Å². The Morgan fingerprint density at radius 3 is 2.43 bits per heavy atom. The number of carbonyl (C=O) groups is 2. The Kier molecular flexibility index (Phi) is 9.55. The summed E-state index contributed by atoms with van der Waals surface area (Å²) in [6, 6.07) is 14.8. The summed E-state index contributed by atoms with van der Waals surface area (Å²) in [4.78, 5) is 45.8. The van der Waals surface area contributed by atoms with Crippen LogP contribution in [0.5, 0.6) is 5.88 Å². The minimum absolute atomic E-state index is 0.104. The van der Waals surface area contributed by atoms with Gasteiger partial charge in [0.15, 0.2) is 0 Å². The molecule has 56 heavy (non-hydrogen) atoms. The highest BCUT2D eigenvalue weighted by Gasteiger charge is 2.47. The molecule has 7 heterocycles. The van der Waals surface area contributed by atoms with Crippen molar-refractivity contribution in [2.24, 2.45) is 0 Å². The zero-order valence-electron chi connectivity index (χ0n) is 31.4. The van der Waals surface area contributed by atoms with E-state index in [-0.39, 0.29) is 24.9 Å². The van der Waals surface area contributed by atoms with Gasteiger partial charge in [0.05, 0.1) is 36.6 Å². The first kappa shape index (κ1) is 36.1. The van der Waals surface area contributed by atoms with Crippen LogP contribution in [0, 0.1) is 6.92 Å². The molecule has 3 saturated heterocycles. The quantitative estimate of drug-likeness (QED) is 0.210. The van der Waals surface area contributed by atoms with E-state index in [1.165, 1.54) is 0 Å². The highest BCUT2D eigenvalue weighted by molar-refractivity contribution is 6.05. The van der Waals surface area contributed by atoms with Crippen molar-refractivity contribution in [2.45, 2.75) is 63.5 Å². The zero-order chi connectivity index (χ0) is 38.4. The number of amides is 3. The molecule has 2 aromatic carbocycles. The molecular formula is C41H46F2N10O3. The molecule has 3 fully saturated rings. The van der Waals surface area contributed by atoms with Crippen molar-refractivity contribution in [2.75, 3.05) is 77.8 Å². The van der Waals surface area contributed by atoms with Crippen LogP contribution in [0.1, 0.15) is 54.0 Å². The number of rotatable bonds is 7. The van der Waals surface area contributed by atoms with Gasteiger partial charge in [-0.15, -0.1) is 0 Å². The number of benzene rings is 2. The third-order valence-corrected chi connectivity index (χ3v) is 12.0. The van der Waals surface area contributed by atoms with Gasteiger partial charge in [-0.05, 0) is 86.7 Å². The van der Waals surface area contributed by atoms with Crippen molar-refractivity contribution in [3.8, 4) is 5.88 Å². The van der Waals surface area contributed by atoms with E-state index in [0.717, 1.165) is 90.7 Å². The number of pyridine rings is 1. The summed E-state index contributed by atoms with van der Waals surface area (Å²) in [5.74, 6) is -2.84. The molecule has 3 amide bonds. The number of likely N-dealkylation sites (tertiary alicyclic amines) is 1. The molecule has 0 aliphatic carbocycles. The van der Waals surface area contributed by atoms with Gasteiger partial charge in [-0.1, -0.05) is 12.1 Å². The van der Waals surface area contributed by atoms with Gasteiger partial charge >= 0.3 is 6.03 Å². The summed E-state index contributed by atoms with van der Waals surface area (Å²) in [6.07, 6.45) is 6.85. The summed E-state index contributed by atoms with van der Waals surface area (Å²) in [5.41, 5.74) is 8.33. The Morgan fingerprint density at radius 2 is 1.66 bits per heavy atom. The molecule has 0 radical (unpaired) electrons. The van der Waals surface area contributed by atoms with E-state index < -0.39 is 17.9 Å². The molecule has 5 aliphatic rings. The highest BCUT2D eigenvalue weighted by atomic mass is 19.3. The predicted molar refractivity (Wildman–Crippen MR) is 211 cm³/mol. The lowest BCUT2D eigenvalue weighted by molar-refractivity contribution is -0.120. The minimum atomic E-state index is -2.85. The number of halogens is 2. The Morgan fingerprint density at radius 1 is 0.875 bits per heavy atom. The monoisotopic (exact) mass is 764 g/mol. The van der Waals surface area contributed by atoms with Crippen molar-refractivity contribution in [1.82, 2.24) is 25.2 Å². The molecule has 15 heteroatoms. The summed E-state index contributed by atoms with van der Waals surface area (Å²) in [6.45, 7) is 7.19. The second-order valence-electron chi connectivity index (χ2n) is 15.4. The van der Waals surface area contributed by atoms with Gasteiger partial charge in [-0.2, -0.15) is 0 Å². The SMILES string of the molecule is Cc1c(N2CCc3cnc(Nc4ccc([C@H]5CCN(C6CCN(c7ccc(N8CCC(=O)NC8=O)cc7)CC6)CC5(F)F)cc4)nc3C2)cnc2c1NCCO2. The molecule has 0 spiro atoms. The van der Waals surface area contributed by atoms with Gasteiger partial charge in [0, 0.05) is 74.0 Å². The number of imide groups is 1. The maximum absolute atomic E-state index is 15.9. The number of anilines is 6. The van der Waals surface area contributed by atoms with E-state index in [2.05, 4.69) is 42.6 Å². The first-order chi connectivity index (χ1) is 27.2. The first-order valence-electron chi connectivity index (χ1n) is 19.6. The Labute approximate surface area is 324 Å². The summed E-state index contributed by atoms with van der Waals surface area (Å²) >= 11 is 0. The number of fused-ring (bicyclic) bond motifs is 2. The second-order valence-corrected chi connectivity index (χ2v) is 15.4. The smallest absolute Gasteiger partial charge is 0.328 e. The molecule has 1 atom stereocenters. The average Bonchev–Trinajstić information content (AvgIpc) is 3.21. The van der Waals surface area contributed by atoms with Crippen LogP contribution in [0.25, 0.3) is 0 Å². The van der Waals surface area contributed by atoms with E-state index in [0.29, 0.717) is 50.1 Å². The van der Waals surface area contributed by atoms with Crippen LogP contribution in [0.15, 0.2) is 60.9 Å². The molecule has 0 saturated carbocycles. The lowest BCUT2D eigenvalue weighted by atomic mass is 9.85. The molecule has 5 aliphatic heterocycles. The summed E-state index contributed by atoms with van der Waals surface area (Å²) in [5, 5.41) is 9.06. The van der Waals surface area contributed by atoms with Gasteiger partial charge in [-0.25, -0.2) is 28.5 Å². The number of hydrogen-bond donors (Lipinski definition) is 3. The highest BCUT2D eigenvalue weighted by Crippen LogP contribution is 2.42. The van der Waals surface area contributed by atoms with E-state index in [9.17, 15) is 9.59 Å². The lowest BCUT2D eigenvalue weighted by Gasteiger charge is -2.45. The predicted octanol–water partition coefficient (Wildman–Crippen LogP) is 5.83. The lowest BCUT2D eigenvalue weighted by Crippen LogP contribution is -2.54. The van der Waals surface area contributed by atoms with E-state index in [1.54, 1.807) is 17.0 Å². The van der Waals surface area contributed by atoms with Gasteiger partial charge in [0.2, 0.25) is 17.7 Å². The Balaban J connectivity index is 0.783. The largest absolute Gasteiger partial charge is 0.474 e. The standard InChI is InChI=1S/C41H46F2N10O3/c1-26-35(23-45-38-37(26)44-15-21-56-38)51-16-10-28-22-46-39(48-34(28)24-51)47-29-4-2-27(3-5-29)33-13-19-52(25-41(33,42)43)31-11-17-50(18-12-31)30-6-8-32(9-7-30)53-20-14-36(54)49-40(53)55/h2-9,22-23,31,33,44H,10-21,24-25H2,1H3,(H,46,47,48)(H,49,54,55)/t33-/m1/s1. The summed E-state index contributed by atoms with van der Waals surface area (Å²) in [7, 11) is 0. The third kappa shape index (κ3) is 7.15. The van der Waals surface area contributed by atoms with Crippen LogP contribution >= 0.6 is 0 Å². The van der Waals surface area contributed by atoms with Crippen LogP contribution in [-0.4, -0.2) is 96.2 Å². The molecule has 13 nitrogen and oxygen atoms in total. The molecule has 4 aromatic rings. The zero-order valence-corrected chi connectivity index (χ0v) is 31.4. The van der Waals surface area contributed by atoms with Crippen LogP contribution in [-0.2, 0) is 17.8 Å². The Bertz CT molecular complexity index is 2110. The number of urea groups is 1. The fraction of sp³-hybridized carbons (Fsp3) is 0.439. The maximum Gasteiger partial charge on any atom is 0.328 e. The van der Waals surface area contributed by atoms with Gasteiger partial charge in [0.1, 0.15) is 12.3 Å². The fourth-order valence-corrected chi connectivity index (χ4v) is 8.86. The molecule has 0 bridgehead atoms. The van der Waals surface area contributed by atoms with Crippen molar-refractivity contribution in [3.05, 3.63) is 83.3 Å². The third-order valence-electron chi connectivity index (χ3n) is 12.0. The van der Waals surface area contributed by atoms with E-state index in [4.69, 9.17) is 9.72 Å². The first-order valence-corrected chi connectivity index (χ1v) is 19.6. The number of carbonyl (C=O) groups excluding carboxylic acids is 2. The Hall–Kier alpha value is -5.57. The average molecular weight is 765 g/mol. The molecule has 0 unspecified atom stereocenters. The molecule has 9 rings (SSSR count). The number of ether oxygens (including phenoxy) is 1. The number of hydrogen-bond acceptors (Lipinski definition) is 11. The molecule has 3 N–H and O–H groups in total. The van der Waals surface area contributed by atoms with Gasteiger partial charge in [0.25, 0.3) is 5.92 Å². The number of piperidine rings is 2. The van der Waals surface area contributed by atoms with E-state index >= 15 is 8.78 Å². The van der Waals surface area contributed by atoms with Crippen molar-refractivity contribution in [3.63, 3.8) is 0 Å². The van der Waals surface area contributed by atoms with Crippen LogP contribution in [0.3, 0.4) is 0 Å². The molecular weight excluding hydrogens is 719 g/mol. The minimum Gasteiger partial charge on any atom is -0.474 e. The molecule has 292 valence electrons. The van der Waals surface area contributed by atoms with Crippen molar-refractivity contribution < 1.29 is 23.1 Å². The number of nitrogens with zero attached hydrogens (tertiary/aromatic N) is 7. The van der Waals surface area contributed by atoms with Crippen molar-refractivity contribution >= 4 is 46.3 Å². The van der Waals surface area contributed by atoms with Gasteiger partial charge in [-0.3, -0.25) is 19.9 Å². The van der Waals surface area contributed by atoms with Crippen LogP contribution in [0.2, 0.25) is 0 Å². The maximum atomic E-state index is 15.9. The van der Waals surface area contributed by atoms with E-state index in [1.807, 2.05) is 53.7 Å². The summed E-state index contributed by atoms with van der Waals surface area (Å²) < 4.78 is 37.4. The van der Waals surface area contributed by atoms with Crippen molar-refractivity contribution in [1.29, 1.82) is 0 Å². The molecule has 2 aromatic heterocycles. The van der Waals surface area contributed by atoms with Crippen LogP contribution in [0.4, 0.5) is 48.0 Å². The van der Waals surface area contributed by atoms with Crippen LogP contribution < -0.4 is 35.4 Å². The number of alkyl halides is 2. The number of nitrogens with one attached hydrogen (secondary N) is 3. The topological polar surface area (TPSA) is 131 Å².